The maximum atomic E-state index is 14.2. The van der Waals surface area contributed by atoms with Crippen molar-refractivity contribution in [1.82, 2.24) is 4.57 Å². The number of aromatic nitrogens is 1. The SMILES string of the molecule is CCOC(=O)C1=C(c2ccccc2)N=c2s/c(=C\c3cc(I)c(OCc4ccccc4)c(I)c3)c(=O)n2C1c1ccc(Cl)cc1. The van der Waals surface area contributed by atoms with Crippen LogP contribution in [0, 0.1) is 7.14 Å². The highest BCUT2D eigenvalue weighted by Gasteiger charge is 2.35. The van der Waals surface area contributed by atoms with E-state index in [1.54, 1.807) is 23.6 Å². The van der Waals surface area contributed by atoms with Crippen LogP contribution in [0.4, 0.5) is 0 Å². The van der Waals surface area contributed by atoms with Gasteiger partial charge in [-0.05, 0) is 99.1 Å². The van der Waals surface area contributed by atoms with E-state index in [0.717, 1.165) is 35.1 Å². The molecule has 0 N–H and O–H groups in total. The lowest BCUT2D eigenvalue weighted by atomic mass is 9.93. The lowest BCUT2D eigenvalue weighted by molar-refractivity contribution is -0.138. The van der Waals surface area contributed by atoms with E-state index in [4.69, 9.17) is 26.1 Å². The van der Waals surface area contributed by atoms with Crippen molar-refractivity contribution in [3.63, 3.8) is 0 Å². The number of benzene rings is 4. The summed E-state index contributed by atoms with van der Waals surface area (Å²) in [6.45, 7) is 2.40. The molecular weight excluding hydrogens is 834 g/mol. The zero-order chi connectivity index (χ0) is 31.5. The topological polar surface area (TPSA) is 69.9 Å². The molecular formula is C35H25ClI2N2O4S. The van der Waals surface area contributed by atoms with Crippen LogP contribution in [0.2, 0.25) is 5.02 Å². The Bertz CT molecular complexity index is 2070. The van der Waals surface area contributed by atoms with Crippen molar-refractivity contribution in [3.05, 3.63) is 157 Å². The zero-order valence-corrected chi connectivity index (χ0v) is 29.8. The van der Waals surface area contributed by atoms with Crippen LogP contribution in [0.15, 0.2) is 112 Å². The molecule has 1 atom stereocenters. The van der Waals surface area contributed by atoms with Crippen LogP contribution in [0.1, 0.15) is 35.2 Å². The van der Waals surface area contributed by atoms with Gasteiger partial charge in [-0.3, -0.25) is 9.36 Å². The zero-order valence-electron chi connectivity index (χ0n) is 23.9. The van der Waals surface area contributed by atoms with Crippen LogP contribution in [0.3, 0.4) is 0 Å². The van der Waals surface area contributed by atoms with Crippen molar-refractivity contribution < 1.29 is 14.3 Å². The van der Waals surface area contributed by atoms with E-state index >= 15 is 0 Å². The van der Waals surface area contributed by atoms with Crippen molar-refractivity contribution in [2.75, 3.05) is 6.61 Å². The molecule has 4 aromatic carbocycles. The molecule has 2 heterocycles. The predicted octanol–water partition coefficient (Wildman–Crippen LogP) is 7.38. The third-order valence-corrected chi connectivity index (χ3v) is 9.94. The summed E-state index contributed by atoms with van der Waals surface area (Å²) < 4.78 is 15.7. The van der Waals surface area contributed by atoms with Gasteiger partial charge in [0, 0.05) is 10.6 Å². The number of thiazole rings is 1. The summed E-state index contributed by atoms with van der Waals surface area (Å²) >= 11 is 12.1. The highest BCUT2D eigenvalue weighted by atomic mass is 127. The number of fused-ring (bicyclic) bond motifs is 1. The first-order valence-electron chi connectivity index (χ1n) is 14.0. The molecule has 0 fully saturated rings. The molecule has 0 aliphatic carbocycles. The number of carbonyl (C=O) groups is 1. The van der Waals surface area contributed by atoms with Crippen LogP contribution in [-0.4, -0.2) is 17.1 Å². The van der Waals surface area contributed by atoms with E-state index in [9.17, 15) is 9.59 Å². The van der Waals surface area contributed by atoms with Gasteiger partial charge in [-0.15, -0.1) is 0 Å². The standard InChI is InChI=1S/C35H25ClI2N2O4S/c1-2-43-34(42)29-30(23-11-7-4-8-12-23)39-35-40(31(29)24-13-15-25(36)16-14-24)33(41)28(45-35)19-22-17-26(37)32(27(38)18-22)44-20-21-9-5-3-6-10-21/h3-19,31H,2,20H2,1H3/b28-19-. The van der Waals surface area contributed by atoms with E-state index in [1.165, 1.54) is 11.3 Å². The van der Waals surface area contributed by atoms with Gasteiger partial charge < -0.3 is 9.47 Å². The number of rotatable bonds is 8. The molecule has 6 nitrogen and oxygen atoms in total. The van der Waals surface area contributed by atoms with Crippen molar-refractivity contribution in [2.45, 2.75) is 19.6 Å². The van der Waals surface area contributed by atoms with Crippen LogP contribution in [0.5, 0.6) is 5.75 Å². The third kappa shape index (κ3) is 6.81. The molecule has 0 bridgehead atoms. The second-order valence-electron chi connectivity index (χ2n) is 10.1. The lowest BCUT2D eigenvalue weighted by Gasteiger charge is -2.25. The Morgan fingerprint density at radius 2 is 1.62 bits per heavy atom. The van der Waals surface area contributed by atoms with Crippen molar-refractivity contribution in [1.29, 1.82) is 0 Å². The summed E-state index contributed by atoms with van der Waals surface area (Å²) in [5.41, 5.74) is 3.95. The summed E-state index contributed by atoms with van der Waals surface area (Å²) in [6, 6.07) is 29.9. The van der Waals surface area contributed by atoms with Gasteiger partial charge in [0.1, 0.15) is 12.4 Å². The van der Waals surface area contributed by atoms with Gasteiger partial charge in [0.05, 0.1) is 35.6 Å². The number of halogens is 3. The second-order valence-corrected chi connectivity index (χ2v) is 13.8. The Hall–Kier alpha value is -3.26. The minimum Gasteiger partial charge on any atom is -0.487 e. The van der Waals surface area contributed by atoms with Gasteiger partial charge in [0.15, 0.2) is 4.80 Å². The Kier molecular flexibility index (Phi) is 9.88. The van der Waals surface area contributed by atoms with Crippen LogP contribution < -0.4 is 19.6 Å². The molecule has 0 saturated carbocycles. The largest absolute Gasteiger partial charge is 0.487 e. The number of esters is 1. The smallest absolute Gasteiger partial charge is 0.338 e. The number of carbonyl (C=O) groups excluding carboxylic acids is 1. The van der Waals surface area contributed by atoms with Crippen LogP contribution in [0.25, 0.3) is 11.8 Å². The Morgan fingerprint density at radius 3 is 2.27 bits per heavy atom. The van der Waals surface area contributed by atoms with Gasteiger partial charge in [0.2, 0.25) is 0 Å². The molecule has 1 aliphatic heterocycles. The second kappa shape index (κ2) is 14.0. The highest BCUT2D eigenvalue weighted by Crippen LogP contribution is 2.36. The van der Waals surface area contributed by atoms with E-state index < -0.39 is 12.0 Å². The lowest BCUT2D eigenvalue weighted by Crippen LogP contribution is -2.40. The molecule has 5 aromatic rings. The van der Waals surface area contributed by atoms with Gasteiger partial charge >= 0.3 is 5.97 Å². The van der Waals surface area contributed by atoms with Crippen molar-refractivity contribution in [3.8, 4) is 5.75 Å². The number of ether oxygens (including phenoxy) is 2. The highest BCUT2D eigenvalue weighted by molar-refractivity contribution is 14.1. The molecule has 226 valence electrons. The Morgan fingerprint density at radius 1 is 0.978 bits per heavy atom. The Labute approximate surface area is 296 Å². The normalized spacial score (nSPS) is 14.6. The van der Waals surface area contributed by atoms with Gasteiger partial charge in [-0.25, -0.2) is 9.79 Å². The van der Waals surface area contributed by atoms with Gasteiger partial charge in [-0.1, -0.05) is 95.7 Å². The van der Waals surface area contributed by atoms with Crippen LogP contribution in [-0.2, 0) is 16.1 Å². The maximum Gasteiger partial charge on any atom is 0.338 e. The molecule has 6 rings (SSSR count). The molecule has 10 heteroatoms. The minimum atomic E-state index is -0.760. The predicted molar refractivity (Wildman–Crippen MR) is 195 cm³/mol. The molecule has 1 aromatic heterocycles. The summed E-state index contributed by atoms with van der Waals surface area (Å²) in [7, 11) is 0. The number of hydrogen-bond acceptors (Lipinski definition) is 6. The first-order valence-corrected chi connectivity index (χ1v) is 17.4. The summed E-state index contributed by atoms with van der Waals surface area (Å²) in [4.78, 5) is 33.2. The van der Waals surface area contributed by atoms with Gasteiger partial charge in [-0.2, -0.15) is 0 Å². The van der Waals surface area contributed by atoms with E-state index in [1.807, 2.05) is 91.0 Å². The molecule has 0 saturated heterocycles. The Balaban J connectivity index is 1.49. The third-order valence-electron chi connectivity index (χ3n) is 7.10. The van der Waals surface area contributed by atoms with Crippen LogP contribution >= 0.6 is 68.1 Å². The minimum absolute atomic E-state index is 0.185. The van der Waals surface area contributed by atoms with Gasteiger partial charge in [0.25, 0.3) is 5.56 Å². The summed E-state index contributed by atoms with van der Waals surface area (Å²) in [5.74, 6) is 0.275. The fourth-order valence-corrected chi connectivity index (χ4v) is 8.34. The monoisotopic (exact) mass is 858 g/mol. The number of nitrogens with zero attached hydrogens (tertiary/aromatic N) is 2. The fraction of sp³-hybridized carbons (Fsp3) is 0.114. The molecule has 0 radical (unpaired) electrons. The van der Waals surface area contributed by atoms with Crippen molar-refractivity contribution in [2.24, 2.45) is 4.99 Å². The quantitative estimate of drug-likeness (QED) is 0.121. The number of hydrogen-bond donors (Lipinski definition) is 0. The molecule has 1 aliphatic rings. The van der Waals surface area contributed by atoms with Crippen molar-refractivity contribution >= 4 is 85.9 Å². The first kappa shape index (κ1) is 31.7. The average Bonchev–Trinajstić information content (AvgIpc) is 3.35. The summed E-state index contributed by atoms with van der Waals surface area (Å²) in [5, 5.41) is 0.552. The van der Waals surface area contributed by atoms with E-state index in [2.05, 4.69) is 45.2 Å². The molecule has 0 spiro atoms. The maximum absolute atomic E-state index is 14.2. The van der Waals surface area contributed by atoms with E-state index in [-0.39, 0.29) is 12.2 Å². The average molecular weight is 859 g/mol. The summed E-state index contributed by atoms with van der Waals surface area (Å²) in [6.07, 6.45) is 1.87. The molecule has 1 unspecified atom stereocenters. The molecule has 0 amide bonds. The molecule has 45 heavy (non-hydrogen) atoms. The fourth-order valence-electron chi connectivity index (χ4n) is 5.08. The first-order chi connectivity index (χ1) is 21.8. The van der Waals surface area contributed by atoms with E-state index in [0.29, 0.717) is 32.2 Å².